The number of aromatic nitrogens is 2. The van der Waals surface area contributed by atoms with E-state index in [2.05, 4.69) is 16.7 Å². The van der Waals surface area contributed by atoms with Crippen LogP contribution in [0.25, 0.3) is 11.4 Å². The molecule has 3 rings (SSSR count). The predicted octanol–water partition coefficient (Wildman–Crippen LogP) is 4.99. The molecule has 0 atom stereocenters. The Hall–Kier alpha value is -2.44. The van der Waals surface area contributed by atoms with E-state index in [1.165, 1.54) is 0 Å². The molecule has 2 heterocycles. The number of hydrogen-bond donors (Lipinski definition) is 0. The molecule has 7 heteroatoms. The van der Waals surface area contributed by atoms with Gasteiger partial charge < -0.3 is 9.42 Å². The molecule has 0 aliphatic rings. The van der Waals surface area contributed by atoms with Crippen LogP contribution in [0, 0.1) is 0 Å². The van der Waals surface area contributed by atoms with E-state index >= 15 is 0 Å². The molecule has 0 saturated heterocycles. The lowest BCUT2D eigenvalue weighted by Gasteiger charge is -2.20. The zero-order valence-corrected chi connectivity index (χ0v) is 16.4. The van der Waals surface area contributed by atoms with Gasteiger partial charge in [0.2, 0.25) is 17.6 Å². The van der Waals surface area contributed by atoms with Crippen molar-refractivity contribution in [2.75, 3.05) is 6.54 Å². The first-order valence-electron chi connectivity index (χ1n) is 8.65. The minimum absolute atomic E-state index is 0.0979. The maximum atomic E-state index is 12.5. The van der Waals surface area contributed by atoms with Crippen LogP contribution in [0.3, 0.4) is 0 Å². The average molecular weight is 402 g/mol. The fourth-order valence-electron chi connectivity index (χ4n) is 2.62. The molecule has 0 aliphatic carbocycles. The van der Waals surface area contributed by atoms with Crippen LogP contribution in [0.2, 0.25) is 5.02 Å². The molecule has 0 fully saturated rings. The van der Waals surface area contributed by atoms with Crippen LogP contribution in [0.5, 0.6) is 0 Å². The summed E-state index contributed by atoms with van der Waals surface area (Å²) in [4.78, 5) is 19.9. The smallest absolute Gasteiger partial charge is 0.226 e. The van der Waals surface area contributed by atoms with E-state index in [-0.39, 0.29) is 5.91 Å². The molecular formula is C20H20ClN3O2S. The van der Waals surface area contributed by atoms with Crippen molar-refractivity contribution in [3.63, 3.8) is 0 Å². The van der Waals surface area contributed by atoms with Gasteiger partial charge in [0.15, 0.2) is 0 Å². The molecule has 0 unspecified atom stereocenters. The highest BCUT2D eigenvalue weighted by Gasteiger charge is 2.14. The fraction of sp³-hybridized carbons (Fsp3) is 0.250. The van der Waals surface area contributed by atoms with Crippen molar-refractivity contribution >= 4 is 28.8 Å². The van der Waals surface area contributed by atoms with Crippen molar-refractivity contribution in [3.8, 4) is 11.4 Å². The number of hydrogen-bond acceptors (Lipinski definition) is 5. The van der Waals surface area contributed by atoms with Crippen LogP contribution in [-0.4, -0.2) is 27.5 Å². The van der Waals surface area contributed by atoms with E-state index in [0.29, 0.717) is 49.1 Å². The highest BCUT2D eigenvalue weighted by atomic mass is 35.5. The number of carbonyl (C=O) groups excluding carboxylic acids is 1. The Morgan fingerprint density at radius 3 is 2.81 bits per heavy atom. The van der Waals surface area contributed by atoms with E-state index in [4.69, 9.17) is 16.1 Å². The lowest BCUT2D eigenvalue weighted by molar-refractivity contribution is -0.131. The fourth-order valence-corrected chi connectivity index (χ4v) is 3.47. The average Bonchev–Trinajstić information content (AvgIpc) is 3.34. The van der Waals surface area contributed by atoms with Crippen LogP contribution in [0.15, 0.2) is 59.0 Å². The predicted molar refractivity (Wildman–Crippen MR) is 108 cm³/mol. The number of rotatable bonds is 9. The summed E-state index contributed by atoms with van der Waals surface area (Å²) in [6.07, 6.45) is 3.40. The minimum atomic E-state index is 0.0979. The highest BCUT2D eigenvalue weighted by Crippen LogP contribution is 2.19. The normalized spacial score (nSPS) is 10.7. The largest absolute Gasteiger partial charge is 0.339 e. The van der Waals surface area contributed by atoms with Crippen LogP contribution in [0.1, 0.15) is 23.6 Å². The number of amides is 1. The first-order valence-corrected chi connectivity index (χ1v) is 9.91. The summed E-state index contributed by atoms with van der Waals surface area (Å²) < 4.78 is 5.29. The van der Waals surface area contributed by atoms with Gasteiger partial charge in [0.1, 0.15) is 0 Å². The molecule has 1 amide bonds. The standard InChI is InChI=1S/C20H20ClN3O2S/c1-2-12-24(14-17-5-4-13-27-17)19(25)7-3-6-18-22-20(23-26-18)15-8-10-16(21)11-9-15/h2,4-5,8-11,13H,1,3,6-7,12,14H2. The molecule has 0 spiro atoms. The Morgan fingerprint density at radius 2 is 2.11 bits per heavy atom. The first-order chi connectivity index (χ1) is 13.2. The van der Waals surface area contributed by atoms with E-state index in [1.807, 2.05) is 34.5 Å². The molecular weight excluding hydrogens is 382 g/mol. The maximum absolute atomic E-state index is 12.5. The van der Waals surface area contributed by atoms with E-state index in [9.17, 15) is 4.79 Å². The summed E-state index contributed by atoms with van der Waals surface area (Å²) in [6, 6.07) is 11.3. The van der Waals surface area contributed by atoms with Crippen molar-refractivity contribution in [2.45, 2.75) is 25.8 Å². The van der Waals surface area contributed by atoms with E-state index in [1.54, 1.807) is 29.5 Å². The van der Waals surface area contributed by atoms with Crippen LogP contribution >= 0.6 is 22.9 Å². The topological polar surface area (TPSA) is 59.2 Å². The molecule has 140 valence electrons. The SMILES string of the molecule is C=CCN(Cc1cccs1)C(=O)CCCc1nc(-c2ccc(Cl)cc2)no1. The van der Waals surface area contributed by atoms with Gasteiger partial charge in [-0.25, -0.2) is 0 Å². The third-order valence-corrected chi connectivity index (χ3v) is 5.09. The van der Waals surface area contributed by atoms with Gasteiger partial charge in [0.25, 0.3) is 0 Å². The number of thiophene rings is 1. The Labute approximate surface area is 167 Å². The number of halogens is 1. The summed E-state index contributed by atoms with van der Waals surface area (Å²) in [6.45, 7) is 4.90. The van der Waals surface area contributed by atoms with Crippen molar-refractivity contribution in [1.29, 1.82) is 0 Å². The number of aryl methyl sites for hydroxylation is 1. The molecule has 0 radical (unpaired) electrons. The van der Waals surface area contributed by atoms with Crippen LogP contribution in [-0.2, 0) is 17.8 Å². The van der Waals surface area contributed by atoms with Gasteiger partial charge in [-0.2, -0.15) is 4.98 Å². The summed E-state index contributed by atoms with van der Waals surface area (Å²) in [5, 5.41) is 6.67. The van der Waals surface area contributed by atoms with Gasteiger partial charge in [-0.1, -0.05) is 28.9 Å². The Morgan fingerprint density at radius 1 is 1.30 bits per heavy atom. The van der Waals surface area contributed by atoms with Crippen molar-refractivity contribution in [2.24, 2.45) is 0 Å². The Kier molecular flexibility index (Phi) is 6.79. The third kappa shape index (κ3) is 5.52. The van der Waals surface area contributed by atoms with Gasteiger partial charge >= 0.3 is 0 Å². The maximum Gasteiger partial charge on any atom is 0.226 e. The van der Waals surface area contributed by atoms with Crippen LogP contribution in [0.4, 0.5) is 0 Å². The second-order valence-electron chi connectivity index (χ2n) is 6.01. The van der Waals surface area contributed by atoms with Crippen molar-refractivity contribution < 1.29 is 9.32 Å². The Bertz CT molecular complexity index is 875. The molecule has 1 aromatic carbocycles. The minimum Gasteiger partial charge on any atom is -0.339 e. The molecule has 3 aromatic rings. The number of nitrogens with zero attached hydrogens (tertiary/aromatic N) is 3. The lowest BCUT2D eigenvalue weighted by Crippen LogP contribution is -2.30. The summed E-state index contributed by atoms with van der Waals surface area (Å²) >= 11 is 7.54. The molecule has 0 saturated carbocycles. The highest BCUT2D eigenvalue weighted by molar-refractivity contribution is 7.09. The summed E-state index contributed by atoms with van der Waals surface area (Å²) in [5.74, 6) is 1.15. The Balaban J connectivity index is 1.51. The van der Waals surface area contributed by atoms with Crippen LogP contribution < -0.4 is 0 Å². The summed E-state index contributed by atoms with van der Waals surface area (Å²) in [5.41, 5.74) is 0.846. The second kappa shape index (κ2) is 9.48. The molecule has 5 nitrogen and oxygen atoms in total. The van der Waals surface area contributed by atoms with Gasteiger partial charge in [-0.15, -0.1) is 17.9 Å². The molecule has 0 N–H and O–H groups in total. The van der Waals surface area contributed by atoms with Crippen molar-refractivity contribution in [1.82, 2.24) is 15.0 Å². The monoisotopic (exact) mass is 401 g/mol. The van der Waals surface area contributed by atoms with Gasteiger partial charge in [0, 0.05) is 34.8 Å². The van der Waals surface area contributed by atoms with E-state index in [0.717, 1.165) is 10.4 Å². The lowest BCUT2D eigenvalue weighted by atomic mass is 10.2. The third-order valence-electron chi connectivity index (χ3n) is 3.98. The zero-order chi connectivity index (χ0) is 19.1. The molecule has 27 heavy (non-hydrogen) atoms. The number of carbonyl (C=O) groups is 1. The zero-order valence-electron chi connectivity index (χ0n) is 14.8. The van der Waals surface area contributed by atoms with Crippen molar-refractivity contribution in [3.05, 3.63) is 70.2 Å². The van der Waals surface area contributed by atoms with Gasteiger partial charge in [0.05, 0.1) is 6.54 Å². The van der Waals surface area contributed by atoms with Gasteiger partial charge in [-0.3, -0.25) is 4.79 Å². The first kappa shape index (κ1) is 19.3. The molecule has 2 aromatic heterocycles. The second-order valence-corrected chi connectivity index (χ2v) is 7.48. The molecule has 0 bridgehead atoms. The van der Waals surface area contributed by atoms with E-state index < -0.39 is 0 Å². The number of benzene rings is 1. The van der Waals surface area contributed by atoms with Gasteiger partial charge in [-0.05, 0) is 42.1 Å². The molecule has 0 aliphatic heterocycles. The summed E-state index contributed by atoms with van der Waals surface area (Å²) in [7, 11) is 0. The quantitative estimate of drug-likeness (QED) is 0.474.